The van der Waals surface area contributed by atoms with Crippen LogP contribution in [0.15, 0.2) is 0 Å². The second-order valence-electron chi connectivity index (χ2n) is 2.48. The fourth-order valence-corrected chi connectivity index (χ4v) is 1.71. The van der Waals surface area contributed by atoms with Crippen molar-refractivity contribution in [3.05, 3.63) is 0 Å². The number of thiocarbonyl (C=S) groups is 1. The first-order chi connectivity index (χ1) is 7.69. The number of nitrogens with one attached hydrogen (secondary N) is 1. The van der Waals surface area contributed by atoms with Gasteiger partial charge in [0.1, 0.15) is 4.32 Å². The summed E-state index contributed by atoms with van der Waals surface area (Å²) >= 11 is 6.56. The minimum absolute atomic E-state index is 0.179. The Kier molecular flexibility index (Phi) is 5.20. The summed E-state index contributed by atoms with van der Waals surface area (Å²) in [6.45, 7) is 2.01. The molecule has 1 aromatic rings. The number of aromatic nitrogens is 3. The second kappa shape index (κ2) is 6.44. The Bertz CT molecular complexity index is 353. The van der Waals surface area contributed by atoms with Gasteiger partial charge in [-0.2, -0.15) is 9.97 Å². The third-order valence-electron chi connectivity index (χ3n) is 1.45. The van der Waals surface area contributed by atoms with Crippen LogP contribution in [0.3, 0.4) is 0 Å². The Labute approximate surface area is 103 Å². The maximum Gasteiger partial charge on any atom is 0.324 e. The maximum atomic E-state index is 5.06. The molecule has 0 radical (unpaired) electrons. The van der Waals surface area contributed by atoms with Gasteiger partial charge in [0.15, 0.2) is 0 Å². The van der Waals surface area contributed by atoms with Gasteiger partial charge in [0, 0.05) is 0 Å². The van der Waals surface area contributed by atoms with E-state index in [4.69, 9.17) is 21.7 Å². The normalized spacial score (nSPS) is 9.69. The highest BCUT2D eigenvalue weighted by Crippen LogP contribution is 2.14. The Morgan fingerprint density at radius 3 is 2.25 bits per heavy atom. The van der Waals surface area contributed by atoms with E-state index in [-0.39, 0.29) is 12.0 Å². The molecule has 0 unspecified atom stereocenters. The first kappa shape index (κ1) is 12.9. The summed E-state index contributed by atoms with van der Waals surface area (Å²) in [5.41, 5.74) is 0. The van der Waals surface area contributed by atoms with E-state index in [1.165, 1.54) is 26.0 Å². The number of rotatable bonds is 4. The molecule has 0 amide bonds. The molecule has 0 saturated heterocycles. The summed E-state index contributed by atoms with van der Waals surface area (Å²) < 4.78 is 10.4. The lowest BCUT2D eigenvalue weighted by molar-refractivity contribution is 0.341. The van der Waals surface area contributed by atoms with Crippen molar-refractivity contribution in [2.45, 2.75) is 6.92 Å². The third kappa shape index (κ3) is 3.78. The first-order valence-corrected chi connectivity index (χ1v) is 5.86. The highest BCUT2D eigenvalue weighted by atomic mass is 32.2. The van der Waals surface area contributed by atoms with Gasteiger partial charge in [-0.1, -0.05) is 30.9 Å². The molecule has 16 heavy (non-hydrogen) atoms. The number of nitrogens with zero attached hydrogens (tertiary/aromatic N) is 3. The maximum absolute atomic E-state index is 5.06. The lowest BCUT2D eigenvalue weighted by Gasteiger charge is -2.06. The molecule has 1 heterocycles. The van der Waals surface area contributed by atoms with Gasteiger partial charge < -0.3 is 14.8 Å². The van der Waals surface area contributed by atoms with Crippen LogP contribution in [-0.2, 0) is 0 Å². The van der Waals surface area contributed by atoms with Crippen molar-refractivity contribution < 1.29 is 9.47 Å². The molecule has 0 aliphatic rings. The predicted molar refractivity (Wildman–Crippen MR) is 67.3 cm³/mol. The highest BCUT2D eigenvalue weighted by molar-refractivity contribution is 8.23. The van der Waals surface area contributed by atoms with Crippen LogP contribution >= 0.6 is 24.0 Å². The van der Waals surface area contributed by atoms with Crippen molar-refractivity contribution in [2.75, 3.05) is 25.3 Å². The molecule has 1 N–H and O–H groups in total. The van der Waals surface area contributed by atoms with E-state index in [0.717, 1.165) is 5.75 Å². The average molecular weight is 260 g/mol. The molecule has 0 aromatic carbocycles. The van der Waals surface area contributed by atoms with Crippen LogP contribution in [0.2, 0.25) is 0 Å². The van der Waals surface area contributed by atoms with E-state index < -0.39 is 0 Å². The Balaban J connectivity index is 2.82. The number of hydrogen-bond acceptors (Lipinski definition) is 7. The topological polar surface area (TPSA) is 69.2 Å². The van der Waals surface area contributed by atoms with E-state index in [1.54, 1.807) is 0 Å². The van der Waals surface area contributed by atoms with Crippen LogP contribution in [0.1, 0.15) is 6.92 Å². The predicted octanol–water partition coefficient (Wildman–Crippen LogP) is 1.34. The second-order valence-corrected chi connectivity index (χ2v) is 4.42. The van der Waals surface area contributed by atoms with Crippen LogP contribution in [0.25, 0.3) is 0 Å². The quantitative estimate of drug-likeness (QED) is 0.813. The lowest BCUT2D eigenvalue weighted by atomic mass is 10.8. The fourth-order valence-electron chi connectivity index (χ4n) is 0.835. The van der Waals surface area contributed by atoms with Gasteiger partial charge in [-0.3, -0.25) is 0 Å². The van der Waals surface area contributed by atoms with Gasteiger partial charge in [-0.05, 0) is 5.75 Å². The average Bonchev–Trinajstić information content (AvgIpc) is 2.28. The van der Waals surface area contributed by atoms with Gasteiger partial charge in [-0.25, -0.2) is 0 Å². The largest absolute Gasteiger partial charge is 0.467 e. The molecule has 88 valence electrons. The van der Waals surface area contributed by atoms with Crippen LogP contribution < -0.4 is 14.8 Å². The summed E-state index contributed by atoms with van der Waals surface area (Å²) in [7, 11) is 2.94. The van der Waals surface area contributed by atoms with Gasteiger partial charge >= 0.3 is 12.0 Å². The van der Waals surface area contributed by atoms with E-state index in [2.05, 4.69) is 20.3 Å². The number of ether oxygens (including phenoxy) is 2. The van der Waals surface area contributed by atoms with Crippen molar-refractivity contribution in [3.8, 4) is 12.0 Å². The van der Waals surface area contributed by atoms with E-state index in [1.807, 2.05) is 6.92 Å². The van der Waals surface area contributed by atoms with Gasteiger partial charge in [-0.15, -0.1) is 4.98 Å². The molecule has 1 aromatic heterocycles. The zero-order chi connectivity index (χ0) is 12.0. The molecule has 0 aliphatic heterocycles. The molecule has 1 rings (SSSR count). The molecule has 0 aliphatic carbocycles. The molecule has 0 fully saturated rings. The number of hydrogen-bond donors (Lipinski definition) is 1. The number of thioether (sulfide) groups is 1. The standard InChI is InChI=1S/C8H12N4O2S2/c1-4-16-8(15)11-5-9-6(13-2)12-7(10-5)14-3/h4H2,1-3H3,(H,9,10,11,12,15). The monoisotopic (exact) mass is 260 g/mol. The van der Waals surface area contributed by atoms with E-state index >= 15 is 0 Å². The van der Waals surface area contributed by atoms with Gasteiger partial charge in [0.2, 0.25) is 5.95 Å². The van der Waals surface area contributed by atoms with Crippen LogP contribution in [-0.4, -0.2) is 39.2 Å². The molecule has 0 bridgehead atoms. The Morgan fingerprint density at radius 1 is 1.25 bits per heavy atom. The molecule has 8 heteroatoms. The van der Waals surface area contributed by atoms with E-state index in [9.17, 15) is 0 Å². The zero-order valence-corrected chi connectivity index (χ0v) is 10.8. The van der Waals surface area contributed by atoms with Crippen LogP contribution in [0, 0.1) is 0 Å². The van der Waals surface area contributed by atoms with Crippen LogP contribution in [0.4, 0.5) is 5.95 Å². The Morgan fingerprint density at radius 2 is 1.81 bits per heavy atom. The summed E-state index contributed by atoms with van der Waals surface area (Å²) in [6.07, 6.45) is 0. The molecule has 0 saturated carbocycles. The van der Waals surface area contributed by atoms with E-state index in [0.29, 0.717) is 10.3 Å². The Hall–Kier alpha value is -1.15. The smallest absolute Gasteiger partial charge is 0.324 e. The summed E-state index contributed by atoms with van der Waals surface area (Å²) in [6, 6.07) is 0.359. The van der Waals surface area contributed by atoms with Crippen molar-refractivity contribution in [3.63, 3.8) is 0 Å². The van der Waals surface area contributed by atoms with Crippen molar-refractivity contribution in [1.82, 2.24) is 15.0 Å². The molecule has 0 atom stereocenters. The molecule has 6 nitrogen and oxygen atoms in total. The first-order valence-electron chi connectivity index (χ1n) is 4.47. The minimum atomic E-state index is 0.179. The summed E-state index contributed by atoms with van der Waals surface area (Å²) in [5, 5.41) is 2.86. The van der Waals surface area contributed by atoms with Gasteiger partial charge in [0.25, 0.3) is 0 Å². The van der Waals surface area contributed by atoms with Gasteiger partial charge in [0.05, 0.1) is 14.2 Å². The van der Waals surface area contributed by atoms with Crippen molar-refractivity contribution in [2.24, 2.45) is 0 Å². The molecule has 0 spiro atoms. The van der Waals surface area contributed by atoms with Crippen LogP contribution in [0.5, 0.6) is 12.0 Å². The summed E-state index contributed by atoms with van der Waals surface area (Å²) in [4.78, 5) is 11.8. The zero-order valence-electron chi connectivity index (χ0n) is 9.18. The molecular formula is C8H12N4O2S2. The van der Waals surface area contributed by atoms with Crippen molar-refractivity contribution in [1.29, 1.82) is 0 Å². The number of methoxy groups -OCH3 is 2. The number of anilines is 1. The van der Waals surface area contributed by atoms with Crippen molar-refractivity contribution >= 4 is 34.2 Å². The fraction of sp³-hybridized carbons (Fsp3) is 0.500. The SMILES string of the molecule is CCSC(=S)Nc1nc(OC)nc(OC)n1. The highest BCUT2D eigenvalue weighted by Gasteiger charge is 2.08. The summed E-state index contributed by atoms with van der Waals surface area (Å²) in [5.74, 6) is 1.19. The third-order valence-corrected chi connectivity index (χ3v) is 2.56. The minimum Gasteiger partial charge on any atom is -0.467 e. The lowest BCUT2D eigenvalue weighted by Crippen LogP contribution is -2.10. The molecular weight excluding hydrogens is 248 g/mol.